The first-order chi connectivity index (χ1) is 15.3. The average Bonchev–Trinajstić information content (AvgIpc) is 3.31. The van der Waals surface area contributed by atoms with Gasteiger partial charge in [-0.2, -0.15) is 5.10 Å². The van der Waals surface area contributed by atoms with E-state index in [1.807, 2.05) is 0 Å². The molecule has 1 aliphatic heterocycles. The lowest BCUT2D eigenvalue weighted by atomic mass is 10.1. The Morgan fingerprint density at radius 2 is 1.88 bits per heavy atom. The first kappa shape index (κ1) is 19.8. The van der Waals surface area contributed by atoms with E-state index < -0.39 is 62.5 Å². The fourth-order valence-electron chi connectivity index (χ4n) is 3.93. The number of halogens is 4. The number of benzene rings is 2. The Hall–Kier alpha value is -4.15. The van der Waals surface area contributed by atoms with Crippen molar-refractivity contribution in [3.63, 3.8) is 0 Å². The van der Waals surface area contributed by atoms with Gasteiger partial charge in [-0.3, -0.25) is 9.89 Å². The Bertz CT molecular complexity index is 1470. The van der Waals surface area contributed by atoms with Crippen molar-refractivity contribution >= 4 is 22.6 Å². The average molecular weight is 444 g/mol. The molecule has 0 radical (unpaired) electrons. The van der Waals surface area contributed by atoms with Gasteiger partial charge in [0.1, 0.15) is 28.7 Å². The molecule has 162 valence electrons. The van der Waals surface area contributed by atoms with E-state index in [9.17, 15) is 23.5 Å². The molecular weight excluding hydrogens is 432 g/mol. The second-order valence-electron chi connectivity index (χ2n) is 7.29. The zero-order valence-electron chi connectivity index (χ0n) is 16.0. The van der Waals surface area contributed by atoms with Crippen molar-refractivity contribution < 1.29 is 27.5 Å². The van der Waals surface area contributed by atoms with Gasteiger partial charge in [0.05, 0.1) is 35.0 Å². The summed E-state index contributed by atoms with van der Waals surface area (Å²) in [6, 6.07) is 3.12. The molecule has 0 aliphatic carbocycles. The number of nitrogens with one attached hydrogen (secondary N) is 1. The number of carbonyl (C=O) groups is 1. The fourth-order valence-corrected chi connectivity index (χ4v) is 3.93. The fraction of sp³-hybridized carbons (Fsp3) is 0.0952. The second kappa shape index (κ2) is 6.94. The Balaban J connectivity index is 1.84. The smallest absolute Gasteiger partial charge is 0.341 e. The van der Waals surface area contributed by atoms with Gasteiger partial charge in [-0.25, -0.2) is 22.4 Å². The third kappa shape index (κ3) is 2.85. The lowest BCUT2D eigenvalue weighted by molar-refractivity contribution is 0.0695. The minimum Gasteiger partial charge on any atom is -0.477 e. The van der Waals surface area contributed by atoms with Gasteiger partial charge >= 0.3 is 5.97 Å². The summed E-state index contributed by atoms with van der Waals surface area (Å²) in [7, 11) is 0. The standard InChI is InChI=1S/C21H12F4N4O3/c22-10-1-2-16(13(23)3-10)29-7-12(21(31)32)20(30)11-4-14(24)19(17(25)18(11)29)28-6-9-5-26-27-15(9)8-28/h1-5,7H,6,8H2,(H,26,27)(H,31,32). The van der Waals surface area contributed by atoms with Crippen LogP contribution in [0.5, 0.6) is 0 Å². The van der Waals surface area contributed by atoms with E-state index in [0.717, 1.165) is 34.5 Å². The number of fused-ring (bicyclic) bond motifs is 2. The van der Waals surface area contributed by atoms with Crippen molar-refractivity contribution in [1.82, 2.24) is 14.8 Å². The summed E-state index contributed by atoms with van der Waals surface area (Å²) in [5.74, 6) is -5.97. The van der Waals surface area contributed by atoms with Gasteiger partial charge in [0, 0.05) is 24.4 Å². The van der Waals surface area contributed by atoms with E-state index >= 15 is 8.78 Å². The predicted octanol–water partition coefficient (Wildman–Crippen LogP) is 3.49. The van der Waals surface area contributed by atoms with Gasteiger partial charge in [0.25, 0.3) is 0 Å². The number of carboxylic acids is 1. The van der Waals surface area contributed by atoms with Crippen molar-refractivity contribution in [2.45, 2.75) is 13.1 Å². The van der Waals surface area contributed by atoms with Crippen LogP contribution in [0.3, 0.4) is 0 Å². The van der Waals surface area contributed by atoms with Gasteiger partial charge in [-0.15, -0.1) is 0 Å². The van der Waals surface area contributed by atoms with Gasteiger partial charge in [-0.05, 0) is 18.2 Å². The number of carboxylic acid groups (broad SMARTS) is 1. The molecule has 5 rings (SSSR count). The summed E-state index contributed by atoms with van der Waals surface area (Å²) in [5.41, 5.74) is -1.98. The molecule has 3 heterocycles. The van der Waals surface area contributed by atoms with Crippen LogP contribution in [0.15, 0.2) is 41.5 Å². The summed E-state index contributed by atoms with van der Waals surface area (Å²) in [6.45, 7) is 0.241. The molecule has 0 spiro atoms. The van der Waals surface area contributed by atoms with Crippen LogP contribution in [0.25, 0.3) is 16.6 Å². The maximum Gasteiger partial charge on any atom is 0.341 e. The van der Waals surface area contributed by atoms with Crippen LogP contribution in [0.4, 0.5) is 23.2 Å². The van der Waals surface area contributed by atoms with Crippen LogP contribution in [-0.4, -0.2) is 25.8 Å². The largest absolute Gasteiger partial charge is 0.477 e. The topological polar surface area (TPSA) is 91.2 Å². The molecule has 0 fully saturated rings. The summed E-state index contributed by atoms with van der Waals surface area (Å²) in [5, 5.41) is 15.4. The Labute approximate surface area is 176 Å². The molecule has 11 heteroatoms. The Kier molecular flexibility index (Phi) is 4.29. The van der Waals surface area contributed by atoms with Crippen LogP contribution in [0.2, 0.25) is 0 Å². The monoisotopic (exact) mass is 444 g/mol. The van der Waals surface area contributed by atoms with Crippen LogP contribution in [0.1, 0.15) is 21.6 Å². The quantitative estimate of drug-likeness (QED) is 0.472. The first-order valence-electron chi connectivity index (χ1n) is 9.28. The van der Waals surface area contributed by atoms with Crippen molar-refractivity contribution in [3.8, 4) is 5.69 Å². The highest BCUT2D eigenvalue weighted by Crippen LogP contribution is 2.35. The molecule has 0 saturated carbocycles. The number of hydrogen-bond acceptors (Lipinski definition) is 4. The predicted molar refractivity (Wildman–Crippen MR) is 105 cm³/mol. The molecule has 0 amide bonds. The Morgan fingerprint density at radius 3 is 2.56 bits per heavy atom. The van der Waals surface area contributed by atoms with Crippen molar-refractivity contribution in [3.05, 3.63) is 87.0 Å². The maximum atomic E-state index is 15.8. The highest BCUT2D eigenvalue weighted by Gasteiger charge is 2.30. The number of H-pyrrole nitrogens is 1. The van der Waals surface area contributed by atoms with E-state index in [1.165, 1.54) is 11.1 Å². The number of aromatic carboxylic acids is 1. The molecule has 1 aliphatic rings. The van der Waals surface area contributed by atoms with Gasteiger partial charge in [-0.1, -0.05) is 0 Å². The lowest BCUT2D eigenvalue weighted by Crippen LogP contribution is -2.23. The summed E-state index contributed by atoms with van der Waals surface area (Å²) < 4.78 is 59.5. The molecule has 0 bridgehead atoms. The summed E-state index contributed by atoms with van der Waals surface area (Å²) >= 11 is 0. The number of rotatable bonds is 3. The molecule has 0 atom stereocenters. The zero-order valence-corrected chi connectivity index (χ0v) is 16.0. The van der Waals surface area contributed by atoms with Crippen molar-refractivity contribution in [2.75, 3.05) is 4.90 Å². The summed E-state index contributed by atoms with van der Waals surface area (Å²) in [4.78, 5) is 25.6. The number of hydrogen-bond donors (Lipinski definition) is 2. The van der Waals surface area contributed by atoms with Crippen molar-refractivity contribution in [2.24, 2.45) is 0 Å². The molecule has 4 aromatic rings. The molecule has 0 unspecified atom stereocenters. The zero-order chi connectivity index (χ0) is 22.7. The molecule has 2 aromatic heterocycles. The molecule has 0 saturated heterocycles. The molecule has 2 N–H and O–H groups in total. The van der Waals surface area contributed by atoms with Crippen molar-refractivity contribution in [1.29, 1.82) is 0 Å². The van der Waals surface area contributed by atoms with Gasteiger partial charge < -0.3 is 14.6 Å². The number of anilines is 1. The molecule has 2 aromatic carbocycles. The van der Waals surface area contributed by atoms with Crippen LogP contribution in [-0.2, 0) is 13.1 Å². The number of nitrogens with zero attached hydrogens (tertiary/aromatic N) is 3. The first-order valence-corrected chi connectivity index (χ1v) is 9.28. The molecular formula is C21H12F4N4O3. The van der Waals surface area contributed by atoms with Crippen LogP contribution < -0.4 is 10.3 Å². The minimum absolute atomic E-state index is 0.108. The highest BCUT2D eigenvalue weighted by molar-refractivity contribution is 5.94. The molecule has 32 heavy (non-hydrogen) atoms. The van der Waals surface area contributed by atoms with Crippen LogP contribution in [0, 0.1) is 23.3 Å². The second-order valence-corrected chi connectivity index (χ2v) is 7.29. The molecule has 7 nitrogen and oxygen atoms in total. The number of aromatic nitrogens is 3. The third-order valence-electron chi connectivity index (χ3n) is 5.39. The number of aromatic amines is 1. The minimum atomic E-state index is -1.66. The Morgan fingerprint density at radius 1 is 1.09 bits per heavy atom. The third-order valence-corrected chi connectivity index (χ3v) is 5.39. The van der Waals surface area contributed by atoms with Gasteiger partial charge in [0.2, 0.25) is 5.43 Å². The highest BCUT2D eigenvalue weighted by atomic mass is 19.1. The van der Waals surface area contributed by atoms with E-state index in [2.05, 4.69) is 10.2 Å². The normalized spacial score (nSPS) is 13.1. The maximum absolute atomic E-state index is 15.8. The number of pyridine rings is 1. The summed E-state index contributed by atoms with van der Waals surface area (Å²) in [6.07, 6.45) is 2.26. The van der Waals surface area contributed by atoms with E-state index in [-0.39, 0.29) is 13.1 Å². The SMILES string of the molecule is O=C(O)c1cn(-c2ccc(F)cc2F)c2c(F)c(N3Cc4cn[nH]c4C3)c(F)cc2c1=O. The van der Waals surface area contributed by atoms with Gasteiger partial charge in [0.15, 0.2) is 5.82 Å². The van der Waals surface area contributed by atoms with Crippen LogP contribution >= 0.6 is 0 Å². The van der Waals surface area contributed by atoms with E-state index in [4.69, 9.17) is 0 Å². The van der Waals surface area contributed by atoms with E-state index in [1.54, 1.807) is 0 Å². The van der Waals surface area contributed by atoms with E-state index in [0.29, 0.717) is 11.8 Å². The lowest BCUT2D eigenvalue weighted by Gasteiger charge is -2.22.